The Kier molecular flexibility index (Phi) is 1.98. The molecule has 1 aliphatic rings. The van der Waals surface area contributed by atoms with Crippen LogP contribution in [-0.2, 0) is 4.79 Å². The number of aliphatic carboxylic acids is 1. The lowest BCUT2D eigenvalue weighted by Crippen LogP contribution is -2.42. The average Bonchev–Trinajstić information content (AvgIpc) is 2.18. The van der Waals surface area contributed by atoms with Crippen molar-refractivity contribution in [2.45, 2.75) is 13.0 Å². The molecule has 0 aromatic carbocycles. The summed E-state index contributed by atoms with van der Waals surface area (Å²) in [6.45, 7) is 2.43. The zero-order valence-corrected chi connectivity index (χ0v) is 6.32. The van der Waals surface area contributed by atoms with Crippen molar-refractivity contribution in [3.05, 3.63) is 0 Å². The maximum atomic E-state index is 10.3. The van der Waals surface area contributed by atoms with Gasteiger partial charge in [0, 0.05) is 6.04 Å². The molecule has 5 heteroatoms. The zero-order valence-electron chi connectivity index (χ0n) is 6.32. The Morgan fingerprint density at radius 1 is 2.00 bits per heavy atom. The van der Waals surface area contributed by atoms with Crippen LogP contribution in [0.3, 0.4) is 0 Å². The van der Waals surface area contributed by atoms with Crippen LogP contribution in [0.5, 0.6) is 0 Å². The first-order chi connectivity index (χ1) is 5.11. The quantitative estimate of drug-likeness (QED) is 0.544. The summed E-state index contributed by atoms with van der Waals surface area (Å²) in [7, 11) is 0. The van der Waals surface area contributed by atoms with Gasteiger partial charge in [0.2, 0.25) is 0 Å². The molecule has 0 aliphatic carbocycles. The van der Waals surface area contributed by atoms with E-state index in [1.807, 2.05) is 6.92 Å². The molecule has 0 saturated carbocycles. The van der Waals surface area contributed by atoms with E-state index >= 15 is 0 Å². The molecule has 3 N–H and O–H groups in total. The van der Waals surface area contributed by atoms with Gasteiger partial charge in [-0.1, -0.05) is 0 Å². The highest BCUT2D eigenvalue weighted by atomic mass is 16.4. The minimum Gasteiger partial charge on any atom is -0.480 e. The van der Waals surface area contributed by atoms with Gasteiger partial charge in [-0.25, -0.2) is 0 Å². The lowest BCUT2D eigenvalue weighted by Gasteiger charge is -2.20. The molecule has 0 radical (unpaired) electrons. The molecule has 0 bridgehead atoms. The molecule has 0 spiro atoms. The van der Waals surface area contributed by atoms with Crippen LogP contribution in [0.15, 0.2) is 4.99 Å². The van der Waals surface area contributed by atoms with Crippen molar-refractivity contribution < 1.29 is 9.90 Å². The fourth-order valence-electron chi connectivity index (χ4n) is 1.02. The molecular formula is C6H11N3O2. The van der Waals surface area contributed by atoms with Crippen molar-refractivity contribution in [1.82, 2.24) is 4.90 Å². The van der Waals surface area contributed by atoms with Crippen LogP contribution in [0, 0.1) is 0 Å². The molecule has 0 amide bonds. The Hall–Kier alpha value is -1.26. The number of nitrogens with two attached hydrogens (primary N) is 1. The molecule has 1 unspecified atom stereocenters. The zero-order chi connectivity index (χ0) is 8.43. The Morgan fingerprint density at radius 2 is 2.64 bits per heavy atom. The summed E-state index contributed by atoms with van der Waals surface area (Å²) in [6, 6.07) is 0.117. The summed E-state index contributed by atoms with van der Waals surface area (Å²) >= 11 is 0. The third-order valence-electron chi connectivity index (χ3n) is 1.65. The number of hydrogen-bond donors (Lipinski definition) is 2. The van der Waals surface area contributed by atoms with E-state index in [9.17, 15) is 4.79 Å². The first-order valence-electron chi connectivity index (χ1n) is 3.39. The van der Waals surface area contributed by atoms with Crippen molar-refractivity contribution in [3.63, 3.8) is 0 Å². The van der Waals surface area contributed by atoms with Crippen LogP contribution in [0.4, 0.5) is 0 Å². The number of guanidine groups is 1. The summed E-state index contributed by atoms with van der Waals surface area (Å²) in [6.07, 6.45) is 0. The third kappa shape index (κ3) is 1.60. The molecule has 1 aliphatic heterocycles. The van der Waals surface area contributed by atoms with Crippen LogP contribution in [0.2, 0.25) is 0 Å². The Balaban J connectivity index is 2.56. The molecule has 0 aromatic heterocycles. The van der Waals surface area contributed by atoms with E-state index in [1.54, 1.807) is 4.90 Å². The summed E-state index contributed by atoms with van der Waals surface area (Å²) in [5, 5.41) is 8.46. The van der Waals surface area contributed by atoms with E-state index in [0.717, 1.165) is 0 Å². The molecule has 1 rings (SSSR count). The van der Waals surface area contributed by atoms with Gasteiger partial charge in [-0.3, -0.25) is 9.79 Å². The van der Waals surface area contributed by atoms with Crippen molar-refractivity contribution in [3.8, 4) is 0 Å². The normalized spacial score (nSPS) is 23.5. The second-order valence-corrected chi connectivity index (χ2v) is 2.57. The standard InChI is InChI=1S/C6H11N3O2/c1-4-2-8-6(7)9(4)3-5(10)11/h4H,2-3H2,1H3,(H2,7,8)(H,10,11). The summed E-state index contributed by atoms with van der Waals surface area (Å²) in [5.41, 5.74) is 5.43. The fraction of sp³-hybridized carbons (Fsp3) is 0.667. The smallest absolute Gasteiger partial charge is 0.323 e. The predicted octanol–water partition coefficient (Wildman–Crippen LogP) is -0.910. The first-order valence-corrected chi connectivity index (χ1v) is 3.39. The molecule has 1 atom stereocenters. The lowest BCUT2D eigenvalue weighted by molar-refractivity contribution is -0.137. The highest BCUT2D eigenvalue weighted by Crippen LogP contribution is 2.05. The minimum atomic E-state index is -0.878. The van der Waals surface area contributed by atoms with Crippen LogP contribution in [0.1, 0.15) is 6.92 Å². The van der Waals surface area contributed by atoms with Gasteiger partial charge < -0.3 is 15.7 Å². The van der Waals surface area contributed by atoms with E-state index < -0.39 is 5.97 Å². The van der Waals surface area contributed by atoms with Gasteiger partial charge in [0.25, 0.3) is 0 Å². The minimum absolute atomic E-state index is 0.0590. The summed E-state index contributed by atoms with van der Waals surface area (Å²) in [4.78, 5) is 15.8. The molecule has 5 nitrogen and oxygen atoms in total. The Bertz CT molecular complexity index is 202. The molecule has 0 fully saturated rings. The monoisotopic (exact) mass is 157 g/mol. The van der Waals surface area contributed by atoms with Gasteiger partial charge in [-0.15, -0.1) is 0 Å². The van der Waals surface area contributed by atoms with Crippen molar-refractivity contribution in [1.29, 1.82) is 0 Å². The van der Waals surface area contributed by atoms with Crippen LogP contribution < -0.4 is 5.73 Å². The van der Waals surface area contributed by atoms with E-state index in [1.165, 1.54) is 0 Å². The lowest BCUT2D eigenvalue weighted by atomic mass is 10.3. The van der Waals surface area contributed by atoms with Crippen LogP contribution in [0.25, 0.3) is 0 Å². The SMILES string of the molecule is CC1CN=C(N)N1CC(=O)O. The summed E-state index contributed by atoms with van der Waals surface area (Å²) in [5.74, 6) is -0.545. The molecule has 11 heavy (non-hydrogen) atoms. The van der Waals surface area contributed by atoms with Crippen molar-refractivity contribution >= 4 is 11.9 Å². The number of aliphatic imine (C=N–C) groups is 1. The second-order valence-electron chi connectivity index (χ2n) is 2.57. The first kappa shape index (κ1) is 7.84. The van der Waals surface area contributed by atoms with Gasteiger partial charge in [-0.2, -0.15) is 0 Å². The van der Waals surface area contributed by atoms with Gasteiger partial charge in [0.1, 0.15) is 6.54 Å². The third-order valence-corrected chi connectivity index (χ3v) is 1.65. The largest absolute Gasteiger partial charge is 0.480 e. The predicted molar refractivity (Wildman–Crippen MR) is 40.3 cm³/mol. The van der Waals surface area contributed by atoms with Gasteiger partial charge in [-0.05, 0) is 6.92 Å². The van der Waals surface area contributed by atoms with E-state index in [2.05, 4.69) is 4.99 Å². The topological polar surface area (TPSA) is 78.9 Å². The molecule has 1 heterocycles. The second kappa shape index (κ2) is 2.77. The number of rotatable bonds is 2. The molecule has 0 saturated heterocycles. The molecular weight excluding hydrogens is 146 g/mol. The Labute approximate surface area is 64.5 Å². The van der Waals surface area contributed by atoms with Gasteiger partial charge in [0.15, 0.2) is 5.96 Å². The number of carboxylic acids is 1. The van der Waals surface area contributed by atoms with E-state index in [0.29, 0.717) is 12.5 Å². The maximum Gasteiger partial charge on any atom is 0.323 e. The van der Waals surface area contributed by atoms with E-state index in [-0.39, 0.29) is 12.6 Å². The highest BCUT2D eigenvalue weighted by Gasteiger charge is 2.23. The number of nitrogens with zero attached hydrogens (tertiary/aromatic N) is 2. The molecule has 62 valence electrons. The maximum absolute atomic E-state index is 10.3. The van der Waals surface area contributed by atoms with Crippen molar-refractivity contribution in [2.75, 3.05) is 13.1 Å². The van der Waals surface area contributed by atoms with E-state index in [4.69, 9.17) is 10.8 Å². The average molecular weight is 157 g/mol. The van der Waals surface area contributed by atoms with Crippen LogP contribution in [-0.4, -0.2) is 41.1 Å². The number of hydrogen-bond acceptors (Lipinski definition) is 4. The summed E-state index contributed by atoms with van der Waals surface area (Å²) < 4.78 is 0. The highest BCUT2D eigenvalue weighted by molar-refractivity contribution is 5.84. The number of carboxylic acid groups (broad SMARTS) is 1. The van der Waals surface area contributed by atoms with Gasteiger partial charge in [0.05, 0.1) is 6.54 Å². The van der Waals surface area contributed by atoms with Gasteiger partial charge >= 0.3 is 5.97 Å². The van der Waals surface area contributed by atoms with Crippen molar-refractivity contribution in [2.24, 2.45) is 10.7 Å². The Morgan fingerprint density at radius 3 is 3.00 bits per heavy atom. The fourth-order valence-corrected chi connectivity index (χ4v) is 1.02. The van der Waals surface area contributed by atoms with Crippen LogP contribution >= 0.6 is 0 Å². The number of carbonyl (C=O) groups is 1. The molecule has 0 aromatic rings.